The maximum atomic E-state index is 14.5. The highest BCUT2D eigenvalue weighted by Gasteiger charge is 2.26. The Kier molecular flexibility index (Phi) is 6.10. The van der Waals surface area contributed by atoms with E-state index in [0.29, 0.717) is 37.6 Å². The van der Waals surface area contributed by atoms with Gasteiger partial charge in [0.05, 0.1) is 5.69 Å². The Labute approximate surface area is 154 Å². The van der Waals surface area contributed by atoms with Gasteiger partial charge in [0, 0.05) is 37.8 Å². The number of carbonyl (C=O) groups excluding carboxylic acids is 2. The lowest BCUT2D eigenvalue weighted by Crippen LogP contribution is -2.50. The number of anilines is 2. The monoisotopic (exact) mass is 365 g/mol. The van der Waals surface area contributed by atoms with E-state index in [1.54, 1.807) is 30.9 Å². The van der Waals surface area contributed by atoms with Gasteiger partial charge in [-0.15, -0.1) is 0 Å². The van der Waals surface area contributed by atoms with E-state index in [-0.39, 0.29) is 17.9 Å². The van der Waals surface area contributed by atoms with Gasteiger partial charge in [-0.25, -0.2) is 9.18 Å². The zero-order valence-electron chi connectivity index (χ0n) is 16.1. The summed E-state index contributed by atoms with van der Waals surface area (Å²) in [4.78, 5) is 27.3. The number of hydrogen-bond donors (Lipinski definition) is 1. The summed E-state index contributed by atoms with van der Waals surface area (Å²) in [5, 5.41) is 2.69. The lowest BCUT2D eigenvalue weighted by molar-refractivity contribution is -0.118. The molecule has 0 radical (unpaired) electrons. The number of nitrogens with zero attached hydrogens (tertiary/aromatic N) is 2. The Balaban J connectivity index is 1.97. The van der Waals surface area contributed by atoms with Gasteiger partial charge < -0.3 is 19.9 Å². The van der Waals surface area contributed by atoms with Crippen molar-refractivity contribution >= 4 is 23.4 Å². The van der Waals surface area contributed by atoms with Gasteiger partial charge in [-0.2, -0.15) is 0 Å². The number of ether oxygens (including phenoxy) is 1. The second-order valence-corrected chi connectivity index (χ2v) is 7.76. The molecule has 0 bridgehead atoms. The number of rotatable bonds is 3. The SMILES string of the molecule is CC(C)C(=O)Nc1ccc(N2CCN(C(=O)OC(C)(C)C)CC2)c(F)c1. The number of carbonyl (C=O) groups is 2. The maximum Gasteiger partial charge on any atom is 0.410 e. The molecule has 26 heavy (non-hydrogen) atoms. The molecule has 0 aliphatic carbocycles. The second-order valence-electron chi connectivity index (χ2n) is 7.76. The summed E-state index contributed by atoms with van der Waals surface area (Å²) in [6.45, 7) is 11.0. The zero-order chi connectivity index (χ0) is 19.5. The maximum absolute atomic E-state index is 14.5. The van der Waals surface area contributed by atoms with Gasteiger partial charge in [-0.1, -0.05) is 13.8 Å². The first-order valence-corrected chi connectivity index (χ1v) is 8.90. The molecular formula is C19H28FN3O3. The van der Waals surface area contributed by atoms with E-state index in [2.05, 4.69) is 5.32 Å². The van der Waals surface area contributed by atoms with Crippen molar-refractivity contribution in [2.45, 2.75) is 40.2 Å². The predicted octanol–water partition coefficient (Wildman–Crippen LogP) is 3.48. The number of nitrogens with one attached hydrogen (secondary N) is 1. The fraction of sp³-hybridized carbons (Fsp3) is 0.579. The van der Waals surface area contributed by atoms with Crippen LogP contribution in [0.1, 0.15) is 34.6 Å². The van der Waals surface area contributed by atoms with Crippen molar-refractivity contribution in [2.24, 2.45) is 5.92 Å². The molecular weight excluding hydrogens is 337 g/mol. The molecule has 1 saturated heterocycles. The van der Waals surface area contributed by atoms with Crippen LogP contribution in [0, 0.1) is 11.7 Å². The van der Waals surface area contributed by atoms with Crippen molar-refractivity contribution in [3.63, 3.8) is 0 Å². The molecule has 0 unspecified atom stereocenters. The molecule has 2 rings (SSSR count). The van der Waals surface area contributed by atoms with Crippen molar-refractivity contribution in [1.82, 2.24) is 4.90 Å². The van der Waals surface area contributed by atoms with Crippen molar-refractivity contribution in [1.29, 1.82) is 0 Å². The fourth-order valence-electron chi connectivity index (χ4n) is 2.58. The summed E-state index contributed by atoms with van der Waals surface area (Å²) in [5.74, 6) is -0.709. The number of piperazine rings is 1. The van der Waals surface area contributed by atoms with Crippen molar-refractivity contribution in [3.8, 4) is 0 Å². The Morgan fingerprint density at radius 1 is 1.15 bits per heavy atom. The summed E-state index contributed by atoms with van der Waals surface area (Å²) in [6.07, 6.45) is -0.343. The van der Waals surface area contributed by atoms with Crippen LogP contribution < -0.4 is 10.2 Å². The molecule has 7 heteroatoms. The van der Waals surface area contributed by atoms with E-state index in [1.807, 2.05) is 25.7 Å². The molecule has 1 heterocycles. The fourth-order valence-corrected chi connectivity index (χ4v) is 2.58. The molecule has 2 amide bonds. The Morgan fingerprint density at radius 3 is 2.27 bits per heavy atom. The van der Waals surface area contributed by atoms with Crippen molar-refractivity contribution in [2.75, 3.05) is 36.4 Å². The first-order chi connectivity index (χ1) is 12.1. The van der Waals surface area contributed by atoms with Crippen LogP contribution in [0.2, 0.25) is 0 Å². The molecule has 144 valence electrons. The van der Waals surface area contributed by atoms with E-state index in [1.165, 1.54) is 6.07 Å². The molecule has 0 atom stereocenters. The van der Waals surface area contributed by atoms with Crippen LogP contribution >= 0.6 is 0 Å². The number of amides is 2. The van der Waals surface area contributed by atoms with Crippen LogP contribution in [0.4, 0.5) is 20.6 Å². The molecule has 0 aromatic heterocycles. The number of hydrogen-bond acceptors (Lipinski definition) is 4. The third kappa shape index (κ3) is 5.34. The van der Waals surface area contributed by atoms with Crippen LogP contribution in [0.25, 0.3) is 0 Å². The summed E-state index contributed by atoms with van der Waals surface area (Å²) in [6, 6.07) is 4.68. The Bertz CT molecular complexity index is 662. The molecule has 1 N–H and O–H groups in total. The molecule has 0 spiro atoms. The largest absolute Gasteiger partial charge is 0.444 e. The Morgan fingerprint density at radius 2 is 1.77 bits per heavy atom. The molecule has 1 aromatic rings. The summed E-state index contributed by atoms with van der Waals surface area (Å²) < 4.78 is 19.8. The van der Waals surface area contributed by atoms with Gasteiger partial charge in [-0.3, -0.25) is 4.79 Å². The lowest BCUT2D eigenvalue weighted by Gasteiger charge is -2.36. The van der Waals surface area contributed by atoms with Crippen molar-refractivity contribution < 1.29 is 18.7 Å². The first kappa shape index (κ1) is 20.0. The van der Waals surface area contributed by atoms with Crippen LogP contribution in [0.5, 0.6) is 0 Å². The average molecular weight is 365 g/mol. The van der Waals surface area contributed by atoms with Gasteiger partial charge in [0.25, 0.3) is 0 Å². The number of benzene rings is 1. The summed E-state index contributed by atoms with van der Waals surface area (Å²) >= 11 is 0. The van der Waals surface area contributed by atoms with Crippen LogP contribution in [-0.2, 0) is 9.53 Å². The van der Waals surface area contributed by atoms with Crippen molar-refractivity contribution in [3.05, 3.63) is 24.0 Å². The van der Waals surface area contributed by atoms with E-state index >= 15 is 0 Å². The molecule has 1 aliphatic rings. The number of halogens is 1. The van der Waals surface area contributed by atoms with Gasteiger partial charge in [0.15, 0.2) is 0 Å². The third-order valence-corrected chi connectivity index (χ3v) is 4.01. The van der Waals surface area contributed by atoms with Crippen LogP contribution in [0.3, 0.4) is 0 Å². The standard InChI is InChI=1S/C19H28FN3O3/c1-13(2)17(24)21-14-6-7-16(15(20)12-14)22-8-10-23(11-9-22)18(25)26-19(3,4)5/h6-7,12-13H,8-11H2,1-5H3,(H,21,24). The van der Waals surface area contributed by atoms with Crippen LogP contribution in [0.15, 0.2) is 18.2 Å². The summed E-state index contributed by atoms with van der Waals surface area (Å²) in [5.41, 5.74) is 0.380. The molecule has 1 fully saturated rings. The van der Waals surface area contributed by atoms with E-state index < -0.39 is 11.4 Å². The van der Waals surface area contributed by atoms with Gasteiger partial charge in [0.1, 0.15) is 11.4 Å². The highest BCUT2D eigenvalue weighted by molar-refractivity contribution is 5.92. The minimum atomic E-state index is -0.531. The minimum Gasteiger partial charge on any atom is -0.444 e. The average Bonchev–Trinajstić information content (AvgIpc) is 2.53. The first-order valence-electron chi connectivity index (χ1n) is 8.90. The van der Waals surface area contributed by atoms with Gasteiger partial charge in [-0.05, 0) is 39.0 Å². The van der Waals surface area contributed by atoms with E-state index in [9.17, 15) is 14.0 Å². The normalized spacial score (nSPS) is 15.2. The third-order valence-electron chi connectivity index (χ3n) is 4.01. The van der Waals surface area contributed by atoms with E-state index in [4.69, 9.17) is 4.74 Å². The Hall–Kier alpha value is -2.31. The van der Waals surface area contributed by atoms with Gasteiger partial charge >= 0.3 is 6.09 Å². The zero-order valence-corrected chi connectivity index (χ0v) is 16.1. The topological polar surface area (TPSA) is 61.9 Å². The molecule has 0 saturated carbocycles. The minimum absolute atomic E-state index is 0.150. The highest BCUT2D eigenvalue weighted by atomic mass is 19.1. The highest BCUT2D eigenvalue weighted by Crippen LogP contribution is 2.24. The second kappa shape index (κ2) is 7.93. The molecule has 1 aliphatic heterocycles. The van der Waals surface area contributed by atoms with Gasteiger partial charge in [0.2, 0.25) is 5.91 Å². The lowest BCUT2D eigenvalue weighted by atomic mass is 10.2. The summed E-state index contributed by atoms with van der Waals surface area (Å²) in [7, 11) is 0. The quantitative estimate of drug-likeness (QED) is 0.891. The smallest absolute Gasteiger partial charge is 0.410 e. The predicted molar refractivity (Wildman–Crippen MR) is 99.9 cm³/mol. The van der Waals surface area contributed by atoms with E-state index in [0.717, 1.165) is 0 Å². The van der Waals surface area contributed by atoms with Crippen LogP contribution in [-0.4, -0.2) is 48.7 Å². The molecule has 6 nitrogen and oxygen atoms in total. The molecule has 1 aromatic carbocycles.